The first-order valence-corrected chi connectivity index (χ1v) is 11.4. The van der Waals surface area contributed by atoms with Crippen LogP contribution in [0.4, 0.5) is 0 Å². The predicted octanol–water partition coefficient (Wildman–Crippen LogP) is -0.0804. The van der Waals surface area contributed by atoms with Crippen molar-refractivity contribution in [2.24, 2.45) is 5.92 Å². The minimum absolute atomic E-state index is 0.115. The number of hydrogen-bond acceptors (Lipinski definition) is 6. The number of fused-ring (bicyclic) bond motifs is 4. The van der Waals surface area contributed by atoms with Crippen molar-refractivity contribution in [2.45, 2.75) is 43.7 Å². The van der Waals surface area contributed by atoms with E-state index >= 15 is 0 Å². The number of nitrogens with zero attached hydrogens (tertiary/aromatic N) is 2. The van der Waals surface area contributed by atoms with Gasteiger partial charge in [0.15, 0.2) is 0 Å². The van der Waals surface area contributed by atoms with E-state index in [2.05, 4.69) is 10.6 Å². The van der Waals surface area contributed by atoms with E-state index in [0.29, 0.717) is 25.1 Å². The highest BCUT2D eigenvalue weighted by molar-refractivity contribution is 6.05. The normalized spacial score (nSPS) is 26.5. The molecule has 0 radical (unpaired) electrons. The van der Waals surface area contributed by atoms with Crippen LogP contribution < -0.4 is 15.4 Å². The molecule has 6 rings (SSSR count). The maximum Gasteiger partial charge on any atom is 0.255 e. The maximum absolute atomic E-state index is 13.1. The number of amides is 4. The van der Waals surface area contributed by atoms with Crippen molar-refractivity contribution in [1.29, 1.82) is 0 Å². The summed E-state index contributed by atoms with van der Waals surface area (Å²) in [7, 11) is 0. The van der Waals surface area contributed by atoms with Gasteiger partial charge in [0.05, 0.1) is 19.1 Å². The molecular formula is C23H26N4O5. The van der Waals surface area contributed by atoms with E-state index < -0.39 is 11.9 Å². The molecule has 1 atom stereocenters. The van der Waals surface area contributed by atoms with Crippen LogP contribution in [0.5, 0.6) is 5.75 Å². The second-order valence-corrected chi connectivity index (χ2v) is 9.62. The van der Waals surface area contributed by atoms with Crippen LogP contribution in [-0.2, 0) is 26.3 Å². The Kier molecular flexibility index (Phi) is 4.33. The molecule has 1 aromatic carbocycles. The third-order valence-corrected chi connectivity index (χ3v) is 7.89. The lowest BCUT2D eigenvalue weighted by Gasteiger charge is -2.41. The summed E-state index contributed by atoms with van der Waals surface area (Å²) in [5.74, 6) is 0.251. The maximum atomic E-state index is 13.1. The number of carbonyl (C=O) groups is 4. The number of carbonyl (C=O) groups excluding carboxylic acids is 4. The highest BCUT2D eigenvalue weighted by Crippen LogP contribution is 2.49. The lowest BCUT2D eigenvalue weighted by molar-refractivity contribution is -0.139. The summed E-state index contributed by atoms with van der Waals surface area (Å²) in [6.07, 6.45) is 2.27. The molecule has 9 nitrogen and oxygen atoms in total. The first-order chi connectivity index (χ1) is 15.5. The standard InChI is InChI=1S/C23H26N4O5/c28-18-4-3-17(20(29)25-18)27-11-15-14(22(27)31)1-2-16-19(15)32-12-23(16)5-7-26(8-6-23)21(30)13-9-24-10-13/h1-2,13,17,24H,3-12H2,(H,25,28,29)/t17-/m0/s1. The van der Waals surface area contributed by atoms with E-state index in [1.807, 2.05) is 17.0 Å². The van der Waals surface area contributed by atoms with E-state index in [1.165, 1.54) is 0 Å². The lowest BCUT2D eigenvalue weighted by Crippen LogP contribution is -2.55. The Morgan fingerprint density at radius 3 is 2.59 bits per heavy atom. The molecule has 0 saturated carbocycles. The van der Waals surface area contributed by atoms with Crippen LogP contribution in [0.2, 0.25) is 0 Å². The van der Waals surface area contributed by atoms with Gasteiger partial charge in [-0.2, -0.15) is 0 Å². The third-order valence-electron chi connectivity index (χ3n) is 7.89. The molecule has 3 fully saturated rings. The predicted molar refractivity (Wildman–Crippen MR) is 112 cm³/mol. The topological polar surface area (TPSA) is 108 Å². The zero-order valence-corrected chi connectivity index (χ0v) is 17.8. The van der Waals surface area contributed by atoms with Crippen molar-refractivity contribution in [3.05, 3.63) is 28.8 Å². The minimum Gasteiger partial charge on any atom is -0.492 e. The van der Waals surface area contributed by atoms with E-state index in [1.54, 1.807) is 4.90 Å². The Morgan fingerprint density at radius 1 is 1.12 bits per heavy atom. The van der Waals surface area contributed by atoms with Crippen molar-refractivity contribution < 1.29 is 23.9 Å². The van der Waals surface area contributed by atoms with E-state index in [4.69, 9.17) is 4.74 Å². The molecule has 5 aliphatic heterocycles. The number of rotatable bonds is 2. The number of likely N-dealkylation sites (tertiary alicyclic amines) is 1. The fraction of sp³-hybridized carbons (Fsp3) is 0.565. The third kappa shape index (κ3) is 2.80. The van der Waals surface area contributed by atoms with Gasteiger partial charge in [0.1, 0.15) is 11.8 Å². The molecule has 0 aromatic heterocycles. The Labute approximate surface area is 185 Å². The van der Waals surface area contributed by atoms with Crippen LogP contribution in [0.1, 0.15) is 47.2 Å². The van der Waals surface area contributed by atoms with E-state index in [-0.39, 0.29) is 35.5 Å². The molecule has 2 N–H and O–H groups in total. The smallest absolute Gasteiger partial charge is 0.255 e. The Hall–Kier alpha value is -2.94. The van der Waals surface area contributed by atoms with Gasteiger partial charge in [-0.3, -0.25) is 24.5 Å². The SMILES string of the molecule is O=C1CC[C@H](N2Cc3c(ccc4c3OCC43CCN(C(=O)C4CNC4)CC3)C2=O)C(=O)N1. The van der Waals surface area contributed by atoms with Gasteiger partial charge in [-0.15, -0.1) is 0 Å². The minimum atomic E-state index is -0.631. The molecular weight excluding hydrogens is 412 g/mol. The largest absolute Gasteiger partial charge is 0.492 e. The number of ether oxygens (including phenoxy) is 1. The van der Waals surface area contributed by atoms with Gasteiger partial charge in [0, 0.05) is 54.7 Å². The van der Waals surface area contributed by atoms with Crippen molar-refractivity contribution in [3.8, 4) is 5.75 Å². The molecule has 168 valence electrons. The van der Waals surface area contributed by atoms with Gasteiger partial charge in [0.25, 0.3) is 5.91 Å². The Balaban J connectivity index is 1.22. The van der Waals surface area contributed by atoms with Crippen molar-refractivity contribution in [2.75, 3.05) is 32.8 Å². The summed E-state index contributed by atoms with van der Waals surface area (Å²) < 4.78 is 6.19. The number of benzene rings is 1. The summed E-state index contributed by atoms with van der Waals surface area (Å²) in [5, 5.41) is 5.50. The van der Waals surface area contributed by atoms with Crippen LogP contribution in [0.15, 0.2) is 12.1 Å². The molecule has 5 aliphatic rings. The summed E-state index contributed by atoms with van der Waals surface area (Å²) in [4.78, 5) is 53.0. The van der Waals surface area contributed by atoms with E-state index in [9.17, 15) is 19.2 Å². The highest BCUT2D eigenvalue weighted by atomic mass is 16.5. The van der Waals surface area contributed by atoms with E-state index in [0.717, 1.165) is 55.9 Å². The summed E-state index contributed by atoms with van der Waals surface area (Å²) in [6.45, 7) is 3.86. The Bertz CT molecular complexity index is 1040. The summed E-state index contributed by atoms with van der Waals surface area (Å²) in [5.41, 5.74) is 2.40. The van der Waals surface area contributed by atoms with Crippen LogP contribution >= 0.6 is 0 Å². The van der Waals surface area contributed by atoms with Gasteiger partial charge >= 0.3 is 0 Å². The number of hydrogen-bond donors (Lipinski definition) is 2. The van der Waals surface area contributed by atoms with Gasteiger partial charge < -0.3 is 19.9 Å². The van der Waals surface area contributed by atoms with Crippen molar-refractivity contribution >= 4 is 23.6 Å². The van der Waals surface area contributed by atoms with Crippen LogP contribution in [0, 0.1) is 5.92 Å². The molecule has 1 aromatic rings. The molecule has 4 amide bonds. The molecule has 0 aliphatic carbocycles. The summed E-state index contributed by atoms with van der Waals surface area (Å²) >= 11 is 0. The molecule has 32 heavy (non-hydrogen) atoms. The first kappa shape index (κ1) is 19.7. The molecule has 5 heterocycles. The fourth-order valence-corrected chi connectivity index (χ4v) is 5.77. The zero-order chi connectivity index (χ0) is 22.0. The number of piperidine rings is 2. The molecule has 0 unspecified atom stereocenters. The average Bonchev–Trinajstić information content (AvgIpc) is 3.26. The van der Waals surface area contributed by atoms with Gasteiger partial charge in [0.2, 0.25) is 17.7 Å². The van der Waals surface area contributed by atoms with Crippen molar-refractivity contribution in [3.63, 3.8) is 0 Å². The molecule has 9 heteroatoms. The van der Waals surface area contributed by atoms with Crippen LogP contribution in [0.25, 0.3) is 0 Å². The van der Waals surface area contributed by atoms with Crippen molar-refractivity contribution in [1.82, 2.24) is 20.4 Å². The fourth-order valence-electron chi connectivity index (χ4n) is 5.77. The van der Waals surface area contributed by atoms with Crippen LogP contribution in [0.3, 0.4) is 0 Å². The second-order valence-electron chi connectivity index (χ2n) is 9.62. The molecule has 3 saturated heterocycles. The lowest BCUT2D eigenvalue weighted by atomic mass is 9.73. The zero-order valence-electron chi connectivity index (χ0n) is 17.8. The first-order valence-electron chi connectivity index (χ1n) is 11.4. The number of nitrogens with one attached hydrogen (secondary N) is 2. The number of imide groups is 1. The monoisotopic (exact) mass is 438 g/mol. The average molecular weight is 438 g/mol. The van der Waals surface area contributed by atoms with Gasteiger partial charge in [-0.1, -0.05) is 6.07 Å². The molecule has 1 spiro atoms. The summed E-state index contributed by atoms with van der Waals surface area (Å²) in [6, 6.07) is 3.23. The van der Waals surface area contributed by atoms with Gasteiger partial charge in [-0.05, 0) is 25.3 Å². The van der Waals surface area contributed by atoms with Gasteiger partial charge in [-0.25, -0.2) is 0 Å². The highest BCUT2D eigenvalue weighted by Gasteiger charge is 2.48. The molecule has 0 bridgehead atoms. The quantitative estimate of drug-likeness (QED) is 0.626. The van der Waals surface area contributed by atoms with Crippen LogP contribution in [-0.4, -0.2) is 72.3 Å². The Morgan fingerprint density at radius 2 is 1.91 bits per heavy atom. The second kappa shape index (κ2) is 7.03.